The number of aliphatic hydroxyl groups excluding tert-OH is 1. The van der Waals surface area contributed by atoms with Crippen molar-refractivity contribution in [3.63, 3.8) is 0 Å². The highest BCUT2D eigenvalue weighted by molar-refractivity contribution is 7.43. The van der Waals surface area contributed by atoms with Crippen molar-refractivity contribution in [2.75, 3.05) is 6.61 Å². The molecule has 0 aromatic rings. The Morgan fingerprint density at radius 1 is 1.09 bits per heavy atom. The zero-order valence-corrected chi connectivity index (χ0v) is 10.2. The Labute approximate surface area is 71.6 Å². The lowest BCUT2D eigenvalue weighted by molar-refractivity contribution is 0.350. The van der Waals surface area contributed by atoms with Crippen LogP contribution in [-0.4, -0.2) is 26.9 Å². The van der Waals surface area contributed by atoms with Gasteiger partial charge in [-0.2, -0.15) is 0 Å². The lowest BCUT2D eigenvalue weighted by Crippen LogP contribution is -2.51. The molecule has 0 aliphatic rings. The van der Waals surface area contributed by atoms with E-state index >= 15 is 0 Å². The first-order valence-corrected chi connectivity index (χ1v) is 11.4. The number of hydrogen-bond acceptors (Lipinski definition) is 1. The highest BCUT2D eigenvalue weighted by Crippen LogP contribution is 2.16. The fraction of sp³-hybridized carbons (Fsp3) is 0.750. The average Bonchev–Trinajstić information content (AvgIpc) is 1.81. The van der Waals surface area contributed by atoms with Crippen LogP contribution < -0.4 is 0 Å². The smallest absolute Gasteiger partial charge is 0.123 e. The van der Waals surface area contributed by atoms with Gasteiger partial charge in [0.25, 0.3) is 0 Å². The molecule has 0 saturated heterocycles. The second-order valence-corrected chi connectivity index (χ2v) is 20.6. The van der Waals surface area contributed by atoms with E-state index in [-0.39, 0.29) is 6.61 Å². The standard InChI is InChI=1S/C8H18OSi2/c1-10(2,3)11(4,5)8-6-7-9/h9H,7H2,1-5H3. The summed E-state index contributed by atoms with van der Waals surface area (Å²) in [5, 5.41) is 8.56. The minimum absolute atomic E-state index is 0.0148. The van der Waals surface area contributed by atoms with Crippen molar-refractivity contribution < 1.29 is 5.11 Å². The van der Waals surface area contributed by atoms with Gasteiger partial charge in [0.05, 0.1) is 7.59 Å². The predicted molar refractivity (Wildman–Crippen MR) is 55.7 cm³/mol. The summed E-state index contributed by atoms with van der Waals surface area (Å²) in [5.41, 5.74) is 3.25. The second kappa shape index (κ2) is 3.57. The fourth-order valence-electron chi connectivity index (χ4n) is 0.448. The molecule has 0 heterocycles. The van der Waals surface area contributed by atoms with Crippen LogP contribution >= 0.6 is 0 Å². The normalized spacial score (nSPS) is 12.2. The molecule has 0 amide bonds. The summed E-state index contributed by atoms with van der Waals surface area (Å²) in [6.45, 7) is 11.7. The molecule has 0 fully saturated rings. The van der Waals surface area contributed by atoms with E-state index < -0.39 is 15.2 Å². The monoisotopic (exact) mass is 186 g/mol. The molecule has 0 aliphatic heterocycles. The van der Waals surface area contributed by atoms with Crippen LogP contribution in [-0.2, 0) is 0 Å². The van der Waals surface area contributed by atoms with Crippen LogP contribution in [0.15, 0.2) is 0 Å². The third kappa shape index (κ3) is 3.23. The molecule has 0 aliphatic carbocycles. The molecule has 64 valence electrons. The third-order valence-corrected chi connectivity index (χ3v) is 18.5. The Bertz CT molecular complexity index is 180. The van der Waals surface area contributed by atoms with Crippen LogP contribution in [0, 0.1) is 11.5 Å². The van der Waals surface area contributed by atoms with Gasteiger partial charge in [-0.15, -0.1) is 5.54 Å². The predicted octanol–water partition coefficient (Wildman–Crippen LogP) is 1.65. The molecular formula is C8H18OSi2. The topological polar surface area (TPSA) is 20.2 Å². The van der Waals surface area contributed by atoms with Gasteiger partial charge in [-0.25, -0.2) is 0 Å². The summed E-state index contributed by atoms with van der Waals surface area (Å²) in [7, 11) is -2.38. The van der Waals surface area contributed by atoms with Crippen LogP contribution in [0.25, 0.3) is 0 Å². The molecule has 11 heavy (non-hydrogen) atoms. The Kier molecular flexibility index (Phi) is 3.55. The van der Waals surface area contributed by atoms with Crippen LogP contribution in [0.2, 0.25) is 32.7 Å². The molecule has 0 unspecified atom stereocenters. The molecule has 0 aromatic heterocycles. The van der Waals surface area contributed by atoms with E-state index in [2.05, 4.69) is 44.2 Å². The van der Waals surface area contributed by atoms with Gasteiger partial charge in [0.2, 0.25) is 0 Å². The molecule has 0 aromatic carbocycles. The van der Waals surface area contributed by atoms with Crippen molar-refractivity contribution in [2.45, 2.75) is 32.7 Å². The maximum atomic E-state index is 8.56. The summed E-state index contributed by atoms with van der Waals surface area (Å²) in [6, 6.07) is 0. The van der Waals surface area contributed by atoms with Gasteiger partial charge in [-0.05, 0) is 0 Å². The van der Waals surface area contributed by atoms with Gasteiger partial charge in [-0.3, -0.25) is 0 Å². The molecule has 0 bridgehead atoms. The quantitative estimate of drug-likeness (QED) is 0.488. The van der Waals surface area contributed by atoms with E-state index in [1.165, 1.54) is 0 Å². The van der Waals surface area contributed by atoms with Gasteiger partial charge in [0.15, 0.2) is 0 Å². The van der Waals surface area contributed by atoms with Crippen molar-refractivity contribution >= 4 is 15.2 Å². The van der Waals surface area contributed by atoms with Gasteiger partial charge in [-0.1, -0.05) is 38.7 Å². The zero-order chi connectivity index (χ0) is 9.12. The summed E-state index contributed by atoms with van der Waals surface area (Å²) < 4.78 is 0. The van der Waals surface area contributed by atoms with Gasteiger partial charge < -0.3 is 5.11 Å². The minimum Gasteiger partial charge on any atom is -0.384 e. The zero-order valence-electron chi connectivity index (χ0n) is 8.15. The van der Waals surface area contributed by atoms with Crippen molar-refractivity contribution in [3.8, 4) is 11.5 Å². The Morgan fingerprint density at radius 2 is 1.55 bits per heavy atom. The highest BCUT2D eigenvalue weighted by Gasteiger charge is 2.35. The second-order valence-electron chi connectivity index (χ2n) is 4.33. The van der Waals surface area contributed by atoms with E-state index in [0.717, 1.165) is 0 Å². The molecular weight excluding hydrogens is 168 g/mol. The van der Waals surface area contributed by atoms with Crippen LogP contribution in [0.4, 0.5) is 0 Å². The third-order valence-electron chi connectivity index (χ3n) is 2.35. The Hall–Kier alpha value is -0.0462. The maximum absolute atomic E-state index is 8.56. The van der Waals surface area contributed by atoms with E-state index in [1.807, 2.05) is 0 Å². The van der Waals surface area contributed by atoms with E-state index in [4.69, 9.17) is 5.11 Å². The molecule has 3 heteroatoms. The first kappa shape index (κ1) is 11.0. The van der Waals surface area contributed by atoms with Gasteiger partial charge in [0.1, 0.15) is 14.2 Å². The summed E-state index contributed by atoms with van der Waals surface area (Å²) in [5.74, 6) is 2.80. The van der Waals surface area contributed by atoms with Crippen LogP contribution in [0.1, 0.15) is 0 Å². The molecule has 0 radical (unpaired) electrons. The molecule has 0 rings (SSSR count). The number of rotatable bonds is 1. The summed E-state index contributed by atoms with van der Waals surface area (Å²) >= 11 is 0. The number of aliphatic hydroxyl groups is 1. The lowest BCUT2D eigenvalue weighted by atomic mass is 10.8. The molecule has 1 nitrogen and oxygen atoms in total. The SMILES string of the molecule is C[Si](C)(C)[Si](C)(C)C#CCO. The van der Waals surface area contributed by atoms with Gasteiger partial charge >= 0.3 is 0 Å². The number of hydrogen-bond donors (Lipinski definition) is 1. The van der Waals surface area contributed by atoms with E-state index in [9.17, 15) is 0 Å². The molecule has 1 N–H and O–H groups in total. The van der Waals surface area contributed by atoms with Crippen molar-refractivity contribution in [3.05, 3.63) is 0 Å². The first-order chi connectivity index (χ1) is 4.81. The summed E-state index contributed by atoms with van der Waals surface area (Å²) in [4.78, 5) is 0. The Balaban J connectivity index is 4.47. The highest BCUT2D eigenvalue weighted by atomic mass is 29.3. The molecule has 0 saturated carbocycles. The van der Waals surface area contributed by atoms with Crippen molar-refractivity contribution in [2.24, 2.45) is 0 Å². The molecule has 0 spiro atoms. The summed E-state index contributed by atoms with van der Waals surface area (Å²) in [6.07, 6.45) is 0. The van der Waals surface area contributed by atoms with Crippen molar-refractivity contribution in [1.29, 1.82) is 0 Å². The lowest BCUT2D eigenvalue weighted by Gasteiger charge is -2.29. The van der Waals surface area contributed by atoms with Gasteiger partial charge in [0, 0.05) is 0 Å². The van der Waals surface area contributed by atoms with Crippen LogP contribution in [0.3, 0.4) is 0 Å². The largest absolute Gasteiger partial charge is 0.384 e. The average molecular weight is 186 g/mol. The minimum atomic E-state index is -1.31. The maximum Gasteiger partial charge on any atom is 0.123 e. The first-order valence-electron chi connectivity index (χ1n) is 3.92. The fourth-order valence-corrected chi connectivity index (χ4v) is 2.73. The van der Waals surface area contributed by atoms with E-state index in [0.29, 0.717) is 0 Å². The van der Waals surface area contributed by atoms with Crippen molar-refractivity contribution in [1.82, 2.24) is 0 Å². The Morgan fingerprint density at radius 3 is 1.82 bits per heavy atom. The van der Waals surface area contributed by atoms with E-state index in [1.54, 1.807) is 0 Å². The molecule has 0 atom stereocenters. The van der Waals surface area contributed by atoms with Crippen LogP contribution in [0.5, 0.6) is 0 Å².